The Kier molecular flexibility index (Phi) is 5.64. The van der Waals surface area contributed by atoms with Crippen LogP contribution in [0.3, 0.4) is 0 Å². The number of hydrogen-bond acceptors (Lipinski definition) is 4. The van der Waals surface area contributed by atoms with Crippen LogP contribution in [0, 0.1) is 5.82 Å². The molecule has 3 aromatic rings. The minimum absolute atomic E-state index is 0.0378. The first-order valence-electron chi connectivity index (χ1n) is 9.89. The number of anilines is 2. The van der Waals surface area contributed by atoms with Crippen molar-refractivity contribution < 1.29 is 27.5 Å². The molecule has 0 saturated carbocycles. The van der Waals surface area contributed by atoms with Gasteiger partial charge in [-0.25, -0.2) is 9.07 Å². The number of nitrogens with zero attached hydrogens (tertiary/aromatic N) is 2. The quantitative estimate of drug-likeness (QED) is 0.492. The predicted molar refractivity (Wildman–Crippen MR) is 110 cm³/mol. The van der Waals surface area contributed by atoms with Gasteiger partial charge >= 0.3 is 6.18 Å². The fourth-order valence-electron chi connectivity index (χ4n) is 3.67. The summed E-state index contributed by atoms with van der Waals surface area (Å²) in [6, 6.07) is 10.3. The van der Waals surface area contributed by atoms with Crippen LogP contribution in [0.4, 0.5) is 29.1 Å². The highest BCUT2D eigenvalue weighted by Gasteiger charge is 2.46. The van der Waals surface area contributed by atoms with Crippen LogP contribution in [0.15, 0.2) is 54.6 Å². The van der Waals surface area contributed by atoms with Crippen molar-refractivity contribution in [1.82, 2.24) is 9.78 Å². The average Bonchev–Trinajstić information content (AvgIpc) is 3.17. The van der Waals surface area contributed by atoms with Crippen LogP contribution in [0.2, 0.25) is 0 Å². The van der Waals surface area contributed by atoms with Gasteiger partial charge in [0.15, 0.2) is 11.7 Å². The number of hydrogen-bond donors (Lipinski definition) is 3. The predicted octanol–water partition coefficient (Wildman–Crippen LogP) is 4.99. The molecule has 1 amide bonds. The first-order chi connectivity index (χ1) is 15.1. The Morgan fingerprint density at radius 2 is 1.94 bits per heavy atom. The Balaban J connectivity index is 1.62. The van der Waals surface area contributed by atoms with E-state index in [2.05, 4.69) is 15.7 Å². The van der Waals surface area contributed by atoms with Crippen LogP contribution >= 0.6 is 0 Å². The summed E-state index contributed by atoms with van der Waals surface area (Å²) >= 11 is 0. The van der Waals surface area contributed by atoms with Crippen molar-refractivity contribution in [3.05, 3.63) is 77.2 Å². The molecular weight excluding hydrogens is 428 g/mol. The topological polar surface area (TPSA) is 79.2 Å². The van der Waals surface area contributed by atoms with Crippen molar-refractivity contribution in [1.29, 1.82) is 0 Å². The molecule has 0 aliphatic carbocycles. The lowest BCUT2D eigenvalue weighted by Crippen LogP contribution is -2.35. The third kappa shape index (κ3) is 4.45. The molecule has 0 radical (unpaired) electrons. The van der Waals surface area contributed by atoms with Gasteiger partial charge < -0.3 is 15.7 Å². The Labute approximate surface area is 180 Å². The molecule has 2 heterocycles. The second kappa shape index (κ2) is 8.27. The van der Waals surface area contributed by atoms with Gasteiger partial charge in [0.1, 0.15) is 11.6 Å². The van der Waals surface area contributed by atoms with E-state index in [0.717, 1.165) is 4.68 Å². The van der Waals surface area contributed by atoms with E-state index in [0.29, 0.717) is 16.8 Å². The van der Waals surface area contributed by atoms with Gasteiger partial charge in [-0.05, 0) is 42.3 Å². The zero-order valence-corrected chi connectivity index (χ0v) is 16.9. The number of aliphatic hydroxyl groups is 1. The number of amides is 1. The number of rotatable bonds is 4. The third-order valence-corrected chi connectivity index (χ3v) is 5.32. The Bertz CT molecular complexity index is 1130. The molecule has 3 atom stereocenters. The lowest BCUT2D eigenvalue weighted by atomic mass is 9.97. The Hall–Kier alpha value is -3.40. The molecule has 0 unspecified atom stereocenters. The molecule has 0 fully saturated rings. The highest BCUT2D eigenvalue weighted by molar-refractivity contribution is 6.03. The number of nitrogens with one attached hydrogen (secondary N) is 2. The maximum Gasteiger partial charge on any atom is 0.410 e. The second-order valence-electron chi connectivity index (χ2n) is 7.66. The number of carbonyl (C=O) groups excluding carboxylic acids is 1. The van der Waals surface area contributed by atoms with Gasteiger partial charge in [0.2, 0.25) is 0 Å². The Morgan fingerprint density at radius 1 is 1.22 bits per heavy atom. The van der Waals surface area contributed by atoms with Gasteiger partial charge in [0, 0.05) is 18.2 Å². The molecule has 168 valence electrons. The van der Waals surface area contributed by atoms with Crippen molar-refractivity contribution >= 4 is 17.4 Å². The van der Waals surface area contributed by atoms with Crippen molar-refractivity contribution in [3.8, 4) is 0 Å². The molecule has 4 rings (SSSR count). The van der Waals surface area contributed by atoms with E-state index in [9.17, 15) is 27.5 Å². The van der Waals surface area contributed by atoms with Crippen LogP contribution in [0.5, 0.6) is 0 Å². The summed E-state index contributed by atoms with van der Waals surface area (Å²) in [7, 11) is 0. The van der Waals surface area contributed by atoms with E-state index >= 15 is 0 Å². The number of carbonyl (C=O) groups is 1. The van der Waals surface area contributed by atoms with Gasteiger partial charge in [-0.3, -0.25) is 4.79 Å². The van der Waals surface area contributed by atoms with Crippen LogP contribution < -0.4 is 10.6 Å². The van der Waals surface area contributed by atoms with Crippen molar-refractivity contribution in [2.75, 3.05) is 10.6 Å². The molecule has 0 bridgehead atoms. The number of alkyl halides is 3. The smallest absolute Gasteiger partial charge is 0.389 e. The molecule has 3 N–H and O–H groups in total. The number of benzene rings is 2. The fourth-order valence-corrected chi connectivity index (χ4v) is 3.67. The van der Waals surface area contributed by atoms with Crippen LogP contribution in [0.1, 0.15) is 53.1 Å². The Morgan fingerprint density at radius 3 is 2.59 bits per heavy atom. The largest absolute Gasteiger partial charge is 0.410 e. The first kappa shape index (κ1) is 21.8. The monoisotopic (exact) mass is 448 g/mol. The lowest BCUT2D eigenvalue weighted by molar-refractivity contribution is -0.173. The van der Waals surface area contributed by atoms with Crippen molar-refractivity contribution in [2.45, 2.75) is 37.7 Å². The zero-order valence-electron chi connectivity index (χ0n) is 16.9. The lowest BCUT2D eigenvalue weighted by Gasteiger charge is -2.33. The van der Waals surface area contributed by atoms with E-state index < -0.39 is 36.1 Å². The average molecular weight is 448 g/mol. The number of aliphatic hydroxyl groups excluding tert-OH is 1. The molecule has 0 spiro atoms. The van der Waals surface area contributed by atoms with Crippen LogP contribution in [-0.4, -0.2) is 27.0 Å². The van der Waals surface area contributed by atoms with Gasteiger partial charge in [0.05, 0.1) is 12.1 Å². The zero-order chi connectivity index (χ0) is 23.0. The minimum atomic E-state index is -4.60. The van der Waals surface area contributed by atoms with E-state index in [1.54, 1.807) is 31.2 Å². The van der Waals surface area contributed by atoms with E-state index in [1.165, 1.54) is 30.3 Å². The molecule has 32 heavy (non-hydrogen) atoms. The SMILES string of the molecule is C[C@@H](O)c1cccc(NC(=O)c2cc3n(n2)[C@H](C(F)(F)F)C[C@H](c2ccc(F)cc2)N3)c1. The summed E-state index contributed by atoms with van der Waals surface area (Å²) in [6.45, 7) is 1.57. The standard InChI is InChI=1S/C22H20F4N4O2/c1-12(31)14-3-2-4-16(9-14)27-21(32)18-11-20-28-17(13-5-7-15(23)8-6-13)10-19(22(24,25)26)30(20)29-18/h2-9,11-12,17,19,28,31H,10H2,1H3,(H,27,32)/t12-,17-,19+/m1/s1. The molecule has 0 saturated heterocycles. The second-order valence-corrected chi connectivity index (χ2v) is 7.66. The third-order valence-electron chi connectivity index (χ3n) is 5.32. The van der Waals surface area contributed by atoms with Crippen molar-refractivity contribution in [3.63, 3.8) is 0 Å². The number of halogens is 4. The number of fused-ring (bicyclic) bond motifs is 1. The molecular formula is C22H20F4N4O2. The fraction of sp³-hybridized carbons (Fsp3) is 0.273. The molecule has 1 aliphatic rings. The van der Waals surface area contributed by atoms with E-state index in [1.807, 2.05) is 0 Å². The summed E-state index contributed by atoms with van der Waals surface area (Å²) in [5, 5.41) is 19.1. The van der Waals surface area contributed by atoms with Crippen LogP contribution in [-0.2, 0) is 0 Å². The summed E-state index contributed by atoms with van der Waals surface area (Å²) in [4.78, 5) is 12.7. The number of aromatic nitrogens is 2. The molecule has 1 aliphatic heterocycles. The maximum absolute atomic E-state index is 13.8. The summed E-state index contributed by atoms with van der Waals surface area (Å²) in [6.07, 6.45) is -5.70. The normalized spacial score (nSPS) is 19.1. The molecule has 2 aromatic carbocycles. The van der Waals surface area contributed by atoms with E-state index in [-0.39, 0.29) is 17.9 Å². The summed E-state index contributed by atoms with van der Waals surface area (Å²) in [5.41, 5.74) is 1.26. The molecule has 6 nitrogen and oxygen atoms in total. The van der Waals surface area contributed by atoms with Gasteiger partial charge in [-0.2, -0.15) is 18.3 Å². The molecule has 10 heteroatoms. The van der Waals surface area contributed by atoms with Gasteiger partial charge in [-0.15, -0.1) is 0 Å². The summed E-state index contributed by atoms with van der Waals surface area (Å²) < 4.78 is 55.3. The van der Waals surface area contributed by atoms with Gasteiger partial charge in [0.25, 0.3) is 5.91 Å². The van der Waals surface area contributed by atoms with Crippen LogP contribution in [0.25, 0.3) is 0 Å². The molecule has 1 aromatic heterocycles. The maximum atomic E-state index is 13.8. The highest BCUT2D eigenvalue weighted by Crippen LogP contribution is 2.43. The first-order valence-corrected chi connectivity index (χ1v) is 9.89. The van der Waals surface area contributed by atoms with Crippen molar-refractivity contribution in [2.24, 2.45) is 0 Å². The summed E-state index contributed by atoms with van der Waals surface area (Å²) in [5.74, 6) is -1.13. The van der Waals surface area contributed by atoms with E-state index in [4.69, 9.17) is 0 Å². The van der Waals surface area contributed by atoms with Gasteiger partial charge in [-0.1, -0.05) is 24.3 Å². The minimum Gasteiger partial charge on any atom is -0.389 e. The highest BCUT2D eigenvalue weighted by atomic mass is 19.4.